The Bertz CT molecular complexity index is 1280. The van der Waals surface area contributed by atoms with Crippen LogP contribution in [0.15, 0.2) is 64.6 Å². The summed E-state index contributed by atoms with van der Waals surface area (Å²) in [6.45, 7) is 1.73. The maximum atomic E-state index is 12.9. The van der Waals surface area contributed by atoms with Gasteiger partial charge in [-0.3, -0.25) is 4.79 Å². The highest BCUT2D eigenvalue weighted by Gasteiger charge is 2.30. The number of rotatable bonds is 5. The van der Waals surface area contributed by atoms with Gasteiger partial charge in [-0.05, 0) is 48.9 Å². The zero-order chi connectivity index (χ0) is 24.2. The molecule has 0 aliphatic carbocycles. The Kier molecular flexibility index (Phi) is 6.68. The molecule has 6 nitrogen and oxygen atoms in total. The van der Waals surface area contributed by atoms with Crippen LogP contribution in [-0.4, -0.2) is 19.0 Å². The summed E-state index contributed by atoms with van der Waals surface area (Å²) < 4.78 is 49.1. The van der Waals surface area contributed by atoms with Crippen LogP contribution in [0, 0.1) is 18.3 Å². The lowest BCUT2D eigenvalue weighted by atomic mass is 10.0. The van der Waals surface area contributed by atoms with Crippen LogP contribution in [0.4, 0.5) is 18.9 Å². The SMILES string of the molecule is COC(=O)c1cccc(-c2ccc(/C=C(/C#N)C(=O)Nc3cccc(C(F)(F)F)c3)o2)c1C. The predicted octanol–water partition coefficient (Wildman–Crippen LogP) is 5.61. The molecule has 2 aromatic carbocycles. The minimum atomic E-state index is -4.57. The third-order valence-electron chi connectivity index (χ3n) is 4.73. The van der Waals surface area contributed by atoms with E-state index in [9.17, 15) is 28.0 Å². The maximum Gasteiger partial charge on any atom is 0.416 e. The molecule has 3 aromatic rings. The number of ether oxygens (including phenoxy) is 1. The molecule has 1 aromatic heterocycles. The van der Waals surface area contributed by atoms with Crippen molar-refractivity contribution in [2.45, 2.75) is 13.1 Å². The Balaban J connectivity index is 1.85. The average Bonchev–Trinajstić information content (AvgIpc) is 3.25. The maximum absolute atomic E-state index is 12.9. The molecule has 9 heteroatoms. The van der Waals surface area contributed by atoms with Crippen molar-refractivity contribution >= 4 is 23.6 Å². The van der Waals surface area contributed by atoms with Gasteiger partial charge in [-0.1, -0.05) is 18.2 Å². The van der Waals surface area contributed by atoms with Crippen molar-refractivity contribution in [2.75, 3.05) is 12.4 Å². The standard InChI is InChI=1S/C24H17F3N2O4/c1-14-19(7-4-8-20(14)23(31)32-2)21-10-9-18(33-21)11-15(13-28)22(30)29-17-6-3-5-16(12-17)24(25,26)27/h3-12H,1-2H3,(H,29,30)/b15-11-. The minimum Gasteiger partial charge on any atom is -0.465 e. The van der Waals surface area contributed by atoms with Gasteiger partial charge < -0.3 is 14.5 Å². The highest BCUT2D eigenvalue weighted by atomic mass is 19.4. The van der Waals surface area contributed by atoms with Crippen molar-refractivity contribution in [3.8, 4) is 17.4 Å². The fraction of sp³-hybridized carbons (Fsp3) is 0.125. The summed E-state index contributed by atoms with van der Waals surface area (Å²) in [7, 11) is 1.28. The van der Waals surface area contributed by atoms with Crippen LogP contribution in [0.5, 0.6) is 0 Å². The average molecular weight is 454 g/mol. The molecule has 0 spiro atoms. The van der Waals surface area contributed by atoms with Crippen LogP contribution in [0.25, 0.3) is 17.4 Å². The number of esters is 1. The number of hydrogen-bond donors (Lipinski definition) is 1. The van der Waals surface area contributed by atoms with Crippen molar-refractivity contribution in [1.82, 2.24) is 0 Å². The normalized spacial score (nSPS) is 11.6. The highest BCUT2D eigenvalue weighted by Crippen LogP contribution is 2.31. The Morgan fingerprint density at radius 3 is 2.52 bits per heavy atom. The number of carbonyl (C=O) groups excluding carboxylic acids is 2. The molecule has 0 atom stereocenters. The van der Waals surface area contributed by atoms with E-state index in [2.05, 4.69) is 5.32 Å². The molecule has 33 heavy (non-hydrogen) atoms. The van der Waals surface area contributed by atoms with Crippen LogP contribution < -0.4 is 5.32 Å². The van der Waals surface area contributed by atoms with Gasteiger partial charge in [0.15, 0.2) is 0 Å². The van der Waals surface area contributed by atoms with Crippen molar-refractivity contribution in [1.29, 1.82) is 5.26 Å². The predicted molar refractivity (Wildman–Crippen MR) is 114 cm³/mol. The van der Waals surface area contributed by atoms with Gasteiger partial charge in [-0.2, -0.15) is 18.4 Å². The number of furan rings is 1. The van der Waals surface area contributed by atoms with Gasteiger partial charge in [0, 0.05) is 17.3 Å². The third kappa shape index (κ3) is 5.30. The van der Waals surface area contributed by atoms with Gasteiger partial charge in [0.25, 0.3) is 5.91 Å². The van der Waals surface area contributed by atoms with Crippen LogP contribution in [-0.2, 0) is 15.7 Å². The minimum absolute atomic E-state index is 0.105. The van der Waals surface area contributed by atoms with Gasteiger partial charge in [0.05, 0.1) is 18.2 Å². The lowest BCUT2D eigenvalue weighted by molar-refractivity contribution is -0.137. The first-order valence-electron chi connectivity index (χ1n) is 9.52. The zero-order valence-corrected chi connectivity index (χ0v) is 17.5. The molecule has 0 aliphatic rings. The topological polar surface area (TPSA) is 92.3 Å². The van der Waals surface area contributed by atoms with Crippen LogP contribution in [0.3, 0.4) is 0 Å². The molecule has 3 rings (SSSR count). The summed E-state index contributed by atoms with van der Waals surface area (Å²) in [6.07, 6.45) is -3.39. The fourth-order valence-corrected chi connectivity index (χ4v) is 3.07. The van der Waals surface area contributed by atoms with Crippen molar-refractivity contribution in [3.63, 3.8) is 0 Å². The summed E-state index contributed by atoms with van der Waals surface area (Å²) in [5.74, 6) is -0.832. The van der Waals surface area contributed by atoms with Crippen LogP contribution in [0.2, 0.25) is 0 Å². The second kappa shape index (κ2) is 9.44. The number of nitrogens with zero attached hydrogens (tertiary/aromatic N) is 1. The first-order chi connectivity index (χ1) is 15.6. The lowest BCUT2D eigenvalue weighted by Crippen LogP contribution is -2.14. The number of methoxy groups -OCH3 is 1. The van der Waals surface area contributed by atoms with E-state index in [1.54, 1.807) is 37.3 Å². The molecular weight excluding hydrogens is 437 g/mol. The number of hydrogen-bond acceptors (Lipinski definition) is 5. The van der Waals surface area contributed by atoms with E-state index in [-0.39, 0.29) is 17.0 Å². The van der Waals surface area contributed by atoms with E-state index < -0.39 is 23.6 Å². The smallest absolute Gasteiger partial charge is 0.416 e. The third-order valence-corrected chi connectivity index (χ3v) is 4.73. The number of halogens is 3. The van der Waals surface area contributed by atoms with Gasteiger partial charge in [0.1, 0.15) is 23.2 Å². The second-order valence-corrected chi connectivity index (χ2v) is 6.87. The largest absolute Gasteiger partial charge is 0.465 e. The Morgan fingerprint density at radius 1 is 1.12 bits per heavy atom. The molecule has 1 N–H and O–H groups in total. The molecule has 0 unspecified atom stereocenters. The highest BCUT2D eigenvalue weighted by molar-refractivity contribution is 6.09. The first kappa shape index (κ1) is 23.3. The summed E-state index contributed by atoms with van der Waals surface area (Å²) in [4.78, 5) is 24.3. The number of carbonyl (C=O) groups is 2. The van der Waals surface area contributed by atoms with Gasteiger partial charge in [-0.15, -0.1) is 0 Å². The van der Waals surface area contributed by atoms with Crippen molar-refractivity contribution in [3.05, 3.63) is 82.6 Å². The molecule has 0 radical (unpaired) electrons. The molecule has 0 saturated carbocycles. The number of benzene rings is 2. The number of nitriles is 1. The van der Waals surface area contributed by atoms with E-state index >= 15 is 0 Å². The quantitative estimate of drug-likeness (QED) is 0.308. The van der Waals surface area contributed by atoms with Crippen molar-refractivity contribution < 1.29 is 31.9 Å². The number of nitrogens with one attached hydrogen (secondary N) is 1. The number of anilines is 1. The molecule has 0 aliphatic heterocycles. The van der Waals surface area contributed by atoms with Crippen LogP contribution >= 0.6 is 0 Å². The fourth-order valence-electron chi connectivity index (χ4n) is 3.07. The van der Waals surface area contributed by atoms with E-state index in [4.69, 9.17) is 9.15 Å². The molecule has 0 bridgehead atoms. The Labute approximate surface area is 186 Å². The van der Waals surface area contributed by atoms with Gasteiger partial charge in [0.2, 0.25) is 0 Å². The second-order valence-electron chi connectivity index (χ2n) is 6.87. The molecule has 1 heterocycles. The molecule has 168 valence electrons. The van der Waals surface area contributed by atoms with Crippen molar-refractivity contribution in [2.24, 2.45) is 0 Å². The summed E-state index contributed by atoms with van der Waals surface area (Å²) >= 11 is 0. The Hall–Kier alpha value is -4.32. The summed E-state index contributed by atoms with van der Waals surface area (Å²) in [5, 5.41) is 11.6. The summed E-state index contributed by atoms with van der Waals surface area (Å²) in [5.41, 5.74) is 0.200. The van der Waals surface area contributed by atoms with E-state index in [0.29, 0.717) is 22.5 Å². The van der Waals surface area contributed by atoms with E-state index in [1.165, 1.54) is 25.3 Å². The van der Waals surface area contributed by atoms with E-state index in [1.807, 2.05) is 0 Å². The zero-order valence-electron chi connectivity index (χ0n) is 17.5. The molecule has 1 amide bonds. The first-order valence-corrected chi connectivity index (χ1v) is 9.52. The molecule has 0 saturated heterocycles. The lowest BCUT2D eigenvalue weighted by Gasteiger charge is -2.09. The van der Waals surface area contributed by atoms with E-state index in [0.717, 1.165) is 18.2 Å². The Morgan fingerprint density at radius 2 is 1.85 bits per heavy atom. The molecular formula is C24H17F3N2O4. The number of alkyl halides is 3. The van der Waals surface area contributed by atoms with Crippen LogP contribution in [0.1, 0.15) is 27.2 Å². The number of amides is 1. The monoisotopic (exact) mass is 454 g/mol. The van der Waals surface area contributed by atoms with Gasteiger partial charge >= 0.3 is 12.1 Å². The van der Waals surface area contributed by atoms with Gasteiger partial charge in [-0.25, -0.2) is 4.79 Å². The summed E-state index contributed by atoms with van der Waals surface area (Å²) in [6, 6.07) is 13.9. The molecule has 0 fully saturated rings.